The summed E-state index contributed by atoms with van der Waals surface area (Å²) in [4.78, 5) is 0. The van der Waals surface area contributed by atoms with Gasteiger partial charge < -0.3 is 19.9 Å². The molecule has 0 spiro atoms. The quantitative estimate of drug-likeness (QED) is 0.664. The van der Waals surface area contributed by atoms with E-state index in [-0.39, 0.29) is 11.6 Å². The Kier molecular flexibility index (Phi) is 7.09. The Morgan fingerprint density at radius 2 is 1.87 bits per heavy atom. The number of ether oxygens (including phenoxy) is 2. The Labute approximate surface area is 93.0 Å². The molecular formula is C11H25NO3. The van der Waals surface area contributed by atoms with Crippen molar-refractivity contribution in [3.05, 3.63) is 0 Å². The third-order valence-electron chi connectivity index (χ3n) is 1.84. The van der Waals surface area contributed by atoms with Crippen molar-refractivity contribution in [1.82, 2.24) is 5.32 Å². The average Bonchev–Trinajstić information content (AvgIpc) is 2.11. The molecule has 0 aliphatic heterocycles. The number of β-amino-alcohol motifs (C(OH)–C–C–N with tert-alkyl or cyclic N) is 1. The van der Waals surface area contributed by atoms with Crippen LogP contribution >= 0.6 is 0 Å². The second-order valence-electron chi connectivity index (χ2n) is 4.88. The fourth-order valence-electron chi connectivity index (χ4n) is 1.04. The average molecular weight is 219 g/mol. The predicted molar refractivity (Wildman–Crippen MR) is 61.1 cm³/mol. The maximum absolute atomic E-state index is 9.60. The van der Waals surface area contributed by atoms with Gasteiger partial charge in [-0.2, -0.15) is 0 Å². The monoisotopic (exact) mass is 219 g/mol. The van der Waals surface area contributed by atoms with Gasteiger partial charge in [0, 0.05) is 19.2 Å². The molecule has 15 heavy (non-hydrogen) atoms. The van der Waals surface area contributed by atoms with Crippen molar-refractivity contribution >= 4 is 0 Å². The fraction of sp³-hybridized carbons (Fsp3) is 1.00. The number of hydrogen-bond donors (Lipinski definition) is 2. The molecule has 0 aliphatic carbocycles. The molecule has 2 N–H and O–H groups in total. The van der Waals surface area contributed by atoms with Gasteiger partial charge >= 0.3 is 0 Å². The van der Waals surface area contributed by atoms with Crippen molar-refractivity contribution in [2.45, 2.75) is 45.4 Å². The predicted octanol–water partition coefficient (Wildman–Crippen LogP) is 0.787. The van der Waals surface area contributed by atoms with Crippen LogP contribution in [0.3, 0.4) is 0 Å². The van der Waals surface area contributed by atoms with Gasteiger partial charge in [-0.1, -0.05) is 0 Å². The molecule has 0 amide bonds. The summed E-state index contributed by atoms with van der Waals surface area (Å²) < 4.78 is 10.3. The van der Waals surface area contributed by atoms with E-state index in [4.69, 9.17) is 9.47 Å². The Morgan fingerprint density at radius 3 is 2.33 bits per heavy atom. The van der Waals surface area contributed by atoms with Gasteiger partial charge in [-0.05, 0) is 27.7 Å². The molecule has 0 aliphatic rings. The van der Waals surface area contributed by atoms with Crippen LogP contribution in [0.25, 0.3) is 0 Å². The van der Waals surface area contributed by atoms with Crippen molar-refractivity contribution in [1.29, 1.82) is 0 Å². The minimum Gasteiger partial charge on any atom is -0.389 e. The number of aliphatic hydroxyl groups excluding tert-OH is 1. The summed E-state index contributed by atoms with van der Waals surface area (Å²) in [5, 5.41) is 12.8. The lowest BCUT2D eigenvalue weighted by Gasteiger charge is -2.23. The molecule has 0 rings (SSSR count). The lowest BCUT2D eigenvalue weighted by molar-refractivity contribution is -0.0321. The third kappa shape index (κ3) is 10.1. The smallest absolute Gasteiger partial charge is 0.0898 e. The largest absolute Gasteiger partial charge is 0.389 e. The molecule has 4 heteroatoms. The van der Waals surface area contributed by atoms with E-state index in [1.54, 1.807) is 7.11 Å². The van der Waals surface area contributed by atoms with E-state index in [1.807, 2.05) is 6.92 Å². The molecule has 0 saturated heterocycles. The van der Waals surface area contributed by atoms with Gasteiger partial charge in [-0.25, -0.2) is 0 Å². The summed E-state index contributed by atoms with van der Waals surface area (Å²) in [6, 6.07) is 0. The minimum atomic E-state index is -0.469. The molecule has 4 nitrogen and oxygen atoms in total. The van der Waals surface area contributed by atoms with Gasteiger partial charge in [0.05, 0.1) is 25.4 Å². The van der Waals surface area contributed by atoms with Crippen LogP contribution in [0.5, 0.6) is 0 Å². The SMILES string of the molecule is COCC(C)OCC(O)CNC(C)(C)C. The molecule has 0 bridgehead atoms. The number of aliphatic hydroxyl groups is 1. The molecule has 0 radical (unpaired) electrons. The Morgan fingerprint density at radius 1 is 1.27 bits per heavy atom. The maximum Gasteiger partial charge on any atom is 0.0898 e. The van der Waals surface area contributed by atoms with Crippen molar-refractivity contribution in [3.8, 4) is 0 Å². The summed E-state index contributed by atoms with van der Waals surface area (Å²) in [5.41, 5.74) is 0.0269. The van der Waals surface area contributed by atoms with Crippen LogP contribution < -0.4 is 5.32 Å². The molecule has 92 valence electrons. The van der Waals surface area contributed by atoms with E-state index in [9.17, 15) is 5.11 Å². The first-order valence-electron chi connectivity index (χ1n) is 5.39. The van der Waals surface area contributed by atoms with Crippen molar-refractivity contribution in [2.75, 3.05) is 26.9 Å². The fourth-order valence-corrected chi connectivity index (χ4v) is 1.04. The summed E-state index contributed by atoms with van der Waals surface area (Å²) in [5.74, 6) is 0. The minimum absolute atomic E-state index is 0.0269. The second-order valence-corrected chi connectivity index (χ2v) is 4.88. The highest BCUT2D eigenvalue weighted by Crippen LogP contribution is 1.99. The van der Waals surface area contributed by atoms with Crippen LogP contribution in [0, 0.1) is 0 Å². The van der Waals surface area contributed by atoms with E-state index in [2.05, 4.69) is 26.1 Å². The zero-order chi connectivity index (χ0) is 11.9. The Bertz CT molecular complexity index is 156. The molecule has 0 heterocycles. The Hall–Kier alpha value is -0.160. The summed E-state index contributed by atoms with van der Waals surface area (Å²) >= 11 is 0. The van der Waals surface area contributed by atoms with Gasteiger partial charge in [0.15, 0.2) is 0 Å². The van der Waals surface area contributed by atoms with Gasteiger partial charge in [-0.15, -0.1) is 0 Å². The van der Waals surface area contributed by atoms with Crippen LogP contribution in [0.15, 0.2) is 0 Å². The van der Waals surface area contributed by atoms with Gasteiger partial charge in [0.2, 0.25) is 0 Å². The first-order valence-corrected chi connectivity index (χ1v) is 5.39. The van der Waals surface area contributed by atoms with Crippen molar-refractivity contribution in [2.24, 2.45) is 0 Å². The number of rotatable bonds is 7. The molecule has 0 aromatic heterocycles. The standard InChI is InChI=1S/C11H25NO3/c1-9(7-14-5)15-8-10(13)6-12-11(2,3)4/h9-10,12-13H,6-8H2,1-5H3. The summed E-state index contributed by atoms with van der Waals surface area (Å²) in [6.07, 6.45) is -0.442. The van der Waals surface area contributed by atoms with Crippen LogP contribution in [-0.4, -0.2) is 49.7 Å². The van der Waals surface area contributed by atoms with Gasteiger partial charge in [-0.3, -0.25) is 0 Å². The van der Waals surface area contributed by atoms with Crippen LogP contribution in [0.2, 0.25) is 0 Å². The van der Waals surface area contributed by atoms with Gasteiger partial charge in [0.25, 0.3) is 0 Å². The molecule has 2 unspecified atom stereocenters. The van der Waals surface area contributed by atoms with Crippen LogP contribution in [0.4, 0.5) is 0 Å². The second kappa shape index (κ2) is 7.17. The molecule has 0 saturated carbocycles. The van der Waals surface area contributed by atoms with E-state index >= 15 is 0 Å². The summed E-state index contributed by atoms with van der Waals surface area (Å²) in [6.45, 7) is 9.56. The third-order valence-corrected chi connectivity index (χ3v) is 1.84. The highest BCUT2D eigenvalue weighted by atomic mass is 16.5. The zero-order valence-electron chi connectivity index (χ0n) is 10.5. The Balaban J connectivity index is 3.53. The zero-order valence-corrected chi connectivity index (χ0v) is 10.5. The molecular weight excluding hydrogens is 194 g/mol. The topological polar surface area (TPSA) is 50.7 Å². The molecule has 2 atom stereocenters. The first kappa shape index (κ1) is 14.8. The van der Waals surface area contributed by atoms with E-state index in [0.29, 0.717) is 19.8 Å². The first-order chi connectivity index (χ1) is 6.85. The summed E-state index contributed by atoms with van der Waals surface area (Å²) in [7, 11) is 1.64. The van der Waals surface area contributed by atoms with E-state index < -0.39 is 6.10 Å². The van der Waals surface area contributed by atoms with E-state index in [0.717, 1.165) is 0 Å². The van der Waals surface area contributed by atoms with Crippen molar-refractivity contribution in [3.63, 3.8) is 0 Å². The highest BCUT2D eigenvalue weighted by molar-refractivity contribution is 4.72. The van der Waals surface area contributed by atoms with Gasteiger partial charge in [0.1, 0.15) is 0 Å². The van der Waals surface area contributed by atoms with Crippen molar-refractivity contribution < 1.29 is 14.6 Å². The normalized spacial score (nSPS) is 16.4. The number of hydrogen-bond acceptors (Lipinski definition) is 4. The lowest BCUT2D eigenvalue weighted by atomic mass is 10.1. The molecule has 0 fully saturated rings. The molecule has 0 aromatic rings. The number of nitrogens with one attached hydrogen (secondary N) is 1. The highest BCUT2D eigenvalue weighted by Gasteiger charge is 2.13. The van der Waals surface area contributed by atoms with Crippen LogP contribution in [0.1, 0.15) is 27.7 Å². The lowest BCUT2D eigenvalue weighted by Crippen LogP contribution is -2.42. The van der Waals surface area contributed by atoms with Crippen LogP contribution in [-0.2, 0) is 9.47 Å². The van der Waals surface area contributed by atoms with E-state index in [1.165, 1.54) is 0 Å². The number of methoxy groups -OCH3 is 1. The maximum atomic E-state index is 9.60. The molecule has 0 aromatic carbocycles.